The van der Waals surface area contributed by atoms with Crippen molar-refractivity contribution in [3.63, 3.8) is 0 Å². The minimum Gasteiger partial charge on any atom is -0.396 e. The van der Waals surface area contributed by atoms with Crippen molar-refractivity contribution in [3.05, 3.63) is 106 Å². The predicted octanol–water partition coefficient (Wildman–Crippen LogP) is 8.61. The Hall–Kier alpha value is -2.83. The van der Waals surface area contributed by atoms with Gasteiger partial charge in [-0.05, 0) is 81.1 Å². The molecule has 1 aliphatic carbocycles. The number of nitrogens with zero attached hydrogens (tertiary/aromatic N) is 1. The number of hydrogen-bond donors (Lipinski definition) is 4. The van der Waals surface area contributed by atoms with Crippen LogP contribution in [0.25, 0.3) is 5.70 Å². The fourth-order valence-corrected chi connectivity index (χ4v) is 4.83. The Kier molecular flexibility index (Phi) is 17.1. The average molecular weight is 581 g/mol. The van der Waals surface area contributed by atoms with Crippen molar-refractivity contribution in [2.24, 2.45) is 11.6 Å². The van der Waals surface area contributed by atoms with Gasteiger partial charge in [-0.2, -0.15) is 0 Å². The second-order valence-electron chi connectivity index (χ2n) is 9.69. The molecule has 2 aromatic carbocycles. The topological polar surface area (TPSA) is 87.5 Å². The van der Waals surface area contributed by atoms with Crippen LogP contribution in [0.4, 0.5) is 5.69 Å². The summed E-state index contributed by atoms with van der Waals surface area (Å²) in [7, 11) is 0. The number of hydrogen-bond acceptors (Lipinski definition) is 5. The van der Waals surface area contributed by atoms with Gasteiger partial charge < -0.3 is 16.2 Å². The van der Waals surface area contributed by atoms with Crippen molar-refractivity contribution in [1.82, 2.24) is 5.32 Å². The van der Waals surface area contributed by atoms with Crippen LogP contribution in [0.1, 0.15) is 91.2 Å². The SMILES string of the molecule is C=CC1=C(C/C=C\C)C(O)(CCCCNCC)c2ccccc2C(N(N)c2ccc(Cl)cc2)=C1N.CC.CCCC. The molecule has 41 heavy (non-hydrogen) atoms. The van der Waals surface area contributed by atoms with Gasteiger partial charge in [0, 0.05) is 16.2 Å². The highest BCUT2D eigenvalue weighted by Crippen LogP contribution is 2.47. The molecule has 6 N–H and O–H groups in total. The van der Waals surface area contributed by atoms with Crippen LogP contribution in [0.3, 0.4) is 0 Å². The number of unbranched alkanes of at least 4 members (excludes halogenated alkanes) is 2. The van der Waals surface area contributed by atoms with E-state index in [9.17, 15) is 5.11 Å². The fourth-order valence-electron chi connectivity index (χ4n) is 4.70. The van der Waals surface area contributed by atoms with Crippen molar-refractivity contribution in [3.8, 4) is 0 Å². The number of rotatable bonds is 12. The highest BCUT2D eigenvalue weighted by Gasteiger charge is 2.40. The average Bonchev–Trinajstić information content (AvgIpc) is 3.07. The maximum Gasteiger partial charge on any atom is 0.113 e. The van der Waals surface area contributed by atoms with Crippen LogP contribution in [0, 0.1) is 0 Å². The smallest absolute Gasteiger partial charge is 0.113 e. The van der Waals surface area contributed by atoms with Crippen LogP contribution in [0.5, 0.6) is 0 Å². The number of aliphatic hydroxyl groups is 1. The van der Waals surface area contributed by atoms with Gasteiger partial charge in [0.2, 0.25) is 0 Å². The second kappa shape index (κ2) is 19.3. The molecule has 0 aliphatic heterocycles. The fraction of sp³-hybridized carbons (Fsp3) is 0.429. The van der Waals surface area contributed by atoms with E-state index in [1.165, 1.54) is 12.8 Å². The summed E-state index contributed by atoms with van der Waals surface area (Å²) in [6.07, 6.45) is 11.3. The van der Waals surface area contributed by atoms with Crippen LogP contribution >= 0.6 is 11.6 Å². The number of nitrogens with two attached hydrogens (primary N) is 2. The van der Waals surface area contributed by atoms with Crippen LogP contribution in [0.15, 0.2) is 90.2 Å². The molecule has 0 bridgehead atoms. The number of hydrazine groups is 1. The van der Waals surface area contributed by atoms with Gasteiger partial charge in [0.25, 0.3) is 0 Å². The lowest BCUT2D eigenvalue weighted by Crippen LogP contribution is -2.33. The molecule has 0 heterocycles. The lowest BCUT2D eigenvalue weighted by molar-refractivity contribution is 0.0609. The minimum atomic E-state index is -1.22. The van der Waals surface area contributed by atoms with Gasteiger partial charge in [0.15, 0.2) is 0 Å². The number of anilines is 1. The highest BCUT2D eigenvalue weighted by molar-refractivity contribution is 6.30. The lowest BCUT2D eigenvalue weighted by atomic mass is 9.77. The van der Waals surface area contributed by atoms with Crippen molar-refractivity contribution in [2.75, 3.05) is 18.1 Å². The van der Waals surface area contributed by atoms with Crippen LogP contribution in [-0.2, 0) is 5.60 Å². The quantitative estimate of drug-likeness (QED) is 0.0873. The van der Waals surface area contributed by atoms with Gasteiger partial charge in [-0.25, -0.2) is 5.84 Å². The first-order valence-electron chi connectivity index (χ1n) is 15.1. The number of fused-ring (bicyclic) bond motifs is 1. The van der Waals surface area contributed by atoms with Crippen LogP contribution in [0.2, 0.25) is 5.02 Å². The Morgan fingerprint density at radius 1 is 1.02 bits per heavy atom. The summed E-state index contributed by atoms with van der Waals surface area (Å²) < 4.78 is 0. The third-order valence-corrected chi connectivity index (χ3v) is 7.25. The first-order chi connectivity index (χ1) is 19.8. The van der Waals surface area contributed by atoms with E-state index < -0.39 is 5.60 Å². The molecule has 1 atom stereocenters. The number of benzene rings is 2. The second-order valence-corrected chi connectivity index (χ2v) is 10.1. The lowest BCUT2D eigenvalue weighted by Gasteiger charge is -2.34. The number of nitrogens with one attached hydrogen (secondary N) is 1. The van der Waals surface area contributed by atoms with Crippen molar-refractivity contribution in [2.45, 2.75) is 85.7 Å². The third-order valence-electron chi connectivity index (χ3n) is 7.00. The van der Waals surface area contributed by atoms with Crippen LogP contribution in [-0.4, -0.2) is 18.2 Å². The number of halogens is 1. The van der Waals surface area contributed by atoms with E-state index in [4.69, 9.17) is 23.2 Å². The third kappa shape index (κ3) is 9.61. The van der Waals surface area contributed by atoms with Crippen LogP contribution < -0.4 is 21.9 Å². The Labute approximate surface area is 254 Å². The molecule has 0 fully saturated rings. The summed E-state index contributed by atoms with van der Waals surface area (Å²) in [4.78, 5) is 0. The molecule has 6 heteroatoms. The Morgan fingerprint density at radius 3 is 2.22 bits per heavy atom. The van der Waals surface area contributed by atoms with Gasteiger partial charge in [0.05, 0.1) is 17.1 Å². The molecule has 0 aromatic heterocycles. The van der Waals surface area contributed by atoms with Crippen molar-refractivity contribution < 1.29 is 5.11 Å². The standard InChI is InChI=1S/C29H37ClN4O.C4H10.C2H6/c1-4-7-13-25-23(5-2)27(31)28(34(32)22-17-15-21(30)16-18-22)24-12-8-9-14-26(24)29(25,35)19-10-11-20-33-6-3;1-3-4-2;1-2/h4-5,7-9,12,14-18,33,35H,2,6,10-11,13,19-20,31-32H2,1,3H3;3-4H2,1-2H3;1-2H3/b7-4-;;. The normalized spacial score (nSPS) is 16.3. The van der Waals surface area contributed by atoms with Gasteiger partial charge in [-0.3, -0.25) is 5.01 Å². The largest absolute Gasteiger partial charge is 0.396 e. The van der Waals surface area contributed by atoms with E-state index in [-0.39, 0.29) is 0 Å². The monoisotopic (exact) mass is 580 g/mol. The van der Waals surface area contributed by atoms with Gasteiger partial charge >= 0.3 is 0 Å². The van der Waals surface area contributed by atoms with Crippen molar-refractivity contribution >= 4 is 23.0 Å². The maximum atomic E-state index is 12.5. The summed E-state index contributed by atoms with van der Waals surface area (Å²) in [6, 6.07) is 15.1. The predicted molar refractivity (Wildman–Crippen MR) is 181 cm³/mol. The number of allylic oxidation sites excluding steroid dienone is 3. The first-order valence-corrected chi connectivity index (χ1v) is 15.5. The highest BCUT2D eigenvalue weighted by atomic mass is 35.5. The van der Waals surface area contributed by atoms with Gasteiger partial charge in [0.1, 0.15) is 5.60 Å². The molecule has 5 nitrogen and oxygen atoms in total. The molecule has 226 valence electrons. The zero-order valence-electron chi connectivity index (χ0n) is 26.1. The minimum absolute atomic E-state index is 0.480. The molecular weight excluding hydrogens is 528 g/mol. The zero-order valence-corrected chi connectivity index (χ0v) is 26.9. The maximum absolute atomic E-state index is 12.5. The van der Waals surface area contributed by atoms with Crippen molar-refractivity contribution in [1.29, 1.82) is 0 Å². The van der Waals surface area contributed by atoms with E-state index in [1.807, 2.05) is 69.3 Å². The van der Waals surface area contributed by atoms with E-state index >= 15 is 0 Å². The summed E-state index contributed by atoms with van der Waals surface area (Å²) in [5.41, 5.74) is 10.6. The molecule has 0 saturated carbocycles. The molecule has 0 radical (unpaired) electrons. The molecule has 0 amide bonds. The zero-order chi connectivity index (χ0) is 30.8. The Bertz CT molecular complexity index is 1150. The Morgan fingerprint density at radius 2 is 1.66 bits per heavy atom. The molecular formula is C35H53ClN4O. The Balaban J connectivity index is 0.00000129. The van der Waals surface area contributed by atoms with Gasteiger partial charge in [-0.15, -0.1) is 0 Å². The molecule has 0 saturated heterocycles. The first kappa shape index (κ1) is 36.2. The van der Waals surface area contributed by atoms with E-state index in [2.05, 4.69) is 32.7 Å². The summed E-state index contributed by atoms with van der Waals surface area (Å²) in [5.74, 6) is 6.69. The summed E-state index contributed by atoms with van der Waals surface area (Å²) in [6.45, 7) is 18.3. The van der Waals surface area contributed by atoms with Gasteiger partial charge in [-0.1, -0.05) is 108 Å². The summed E-state index contributed by atoms with van der Waals surface area (Å²) >= 11 is 6.11. The molecule has 3 rings (SSSR count). The van der Waals surface area contributed by atoms with E-state index in [1.54, 1.807) is 23.2 Å². The molecule has 1 unspecified atom stereocenters. The molecule has 0 spiro atoms. The summed E-state index contributed by atoms with van der Waals surface area (Å²) in [5, 5.41) is 18.0. The van der Waals surface area contributed by atoms with E-state index in [0.717, 1.165) is 48.3 Å². The van der Waals surface area contributed by atoms with E-state index in [0.29, 0.717) is 34.8 Å². The molecule has 2 aromatic rings. The molecule has 1 aliphatic rings.